The highest BCUT2D eigenvalue weighted by Crippen LogP contribution is 2.31. The minimum atomic E-state index is -0.269. The van der Waals surface area contributed by atoms with Crippen LogP contribution in [0.4, 0.5) is 4.79 Å². The van der Waals surface area contributed by atoms with E-state index in [0.717, 1.165) is 22.5 Å². The van der Waals surface area contributed by atoms with Crippen LogP contribution >= 0.6 is 0 Å². The highest BCUT2D eigenvalue weighted by Gasteiger charge is 2.31. The van der Waals surface area contributed by atoms with Gasteiger partial charge in [0.2, 0.25) is 0 Å². The summed E-state index contributed by atoms with van der Waals surface area (Å²) in [5.74, 6) is 0.719. The predicted octanol–water partition coefficient (Wildman–Crippen LogP) is 4.31. The second-order valence-electron chi connectivity index (χ2n) is 5.62. The van der Waals surface area contributed by atoms with E-state index in [-0.39, 0.29) is 12.1 Å². The number of amides is 1. The molecule has 0 bridgehead atoms. The summed E-state index contributed by atoms with van der Waals surface area (Å²) >= 11 is 0. The second-order valence-corrected chi connectivity index (χ2v) is 5.62. The molecule has 112 valence electrons. The van der Waals surface area contributed by atoms with Crippen LogP contribution in [-0.2, 0) is 4.74 Å². The second kappa shape index (κ2) is 6.06. The van der Waals surface area contributed by atoms with Crippen molar-refractivity contribution in [1.82, 2.24) is 4.90 Å². The number of carbonyl (C=O) groups is 1. The maximum atomic E-state index is 12.1. The monoisotopic (exact) mass is 293 g/mol. The molecule has 2 aromatic rings. The van der Waals surface area contributed by atoms with E-state index in [1.165, 1.54) is 0 Å². The van der Waals surface area contributed by atoms with Crippen LogP contribution in [-0.4, -0.2) is 23.6 Å². The van der Waals surface area contributed by atoms with Crippen molar-refractivity contribution in [2.75, 3.05) is 6.54 Å². The van der Waals surface area contributed by atoms with Gasteiger partial charge < -0.3 is 4.74 Å². The zero-order valence-corrected chi connectivity index (χ0v) is 12.8. The maximum absolute atomic E-state index is 12.1. The Balaban J connectivity index is 2.11. The molecule has 0 N–H and O–H groups in total. The first-order valence-electron chi connectivity index (χ1n) is 7.49. The van der Waals surface area contributed by atoms with Gasteiger partial charge in [-0.15, -0.1) is 0 Å². The number of nitrogens with zero attached hydrogens (tertiary/aromatic N) is 1. The van der Waals surface area contributed by atoms with Gasteiger partial charge in [0, 0.05) is 11.6 Å². The largest absolute Gasteiger partial charge is 0.415 e. The van der Waals surface area contributed by atoms with E-state index in [0.29, 0.717) is 6.54 Å². The predicted molar refractivity (Wildman–Crippen MR) is 87.2 cm³/mol. The maximum Gasteiger partial charge on any atom is 0.415 e. The van der Waals surface area contributed by atoms with Crippen molar-refractivity contribution >= 4 is 11.7 Å². The summed E-state index contributed by atoms with van der Waals surface area (Å²) < 4.78 is 5.57. The third-order valence-corrected chi connectivity index (χ3v) is 3.79. The van der Waals surface area contributed by atoms with Gasteiger partial charge in [-0.2, -0.15) is 0 Å². The molecule has 3 rings (SSSR count). The summed E-state index contributed by atoms with van der Waals surface area (Å²) in [6.45, 7) is 4.50. The summed E-state index contributed by atoms with van der Waals surface area (Å²) in [4.78, 5) is 13.8. The van der Waals surface area contributed by atoms with Crippen molar-refractivity contribution in [3.05, 3.63) is 77.5 Å². The minimum absolute atomic E-state index is 0.123. The van der Waals surface area contributed by atoms with Crippen molar-refractivity contribution in [3.63, 3.8) is 0 Å². The van der Waals surface area contributed by atoms with Gasteiger partial charge >= 0.3 is 6.09 Å². The van der Waals surface area contributed by atoms with Gasteiger partial charge in [0.1, 0.15) is 5.76 Å². The van der Waals surface area contributed by atoms with E-state index >= 15 is 0 Å². The average molecular weight is 293 g/mol. The van der Waals surface area contributed by atoms with Gasteiger partial charge in [0.05, 0.1) is 6.54 Å². The SMILES string of the molecule is CC(C)N1CC(=C(c2ccccc2)c2ccccc2)OC1=O. The fraction of sp³-hybridized carbons (Fsp3) is 0.211. The summed E-state index contributed by atoms with van der Waals surface area (Å²) in [5, 5.41) is 0. The molecule has 1 aliphatic rings. The molecule has 0 spiro atoms. The Hall–Kier alpha value is -2.55. The first kappa shape index (κ1) is 14.4. The van der Waals surface area contributed by atoms with E-state index in [1.54, 1.807) is 4.90 Å². The van der Waals surface area contributed by atoms with E-state index < -0.39 is 0 Å². The zero-order valence-electron chi connectivity index (χ0n) is 12.8. The van der Waals surface area contributed by atoms with Gasteiger partial charge in [0.25, 0.3) is 0 Å². The smallest absolute Gasteiger partial charge is 0.412 e. The van der Waals surface area contributed by atoms with Crippen LogP contribution in [0.25, 0.3) is 5.57 Å². The molecule has 1 saturated heterocycles. The number of hydrogen-bond acceptors (Lipinski definition) is 2. The highest BCUT2D eigenvalue weighted by molar-refractivity contribution is 5.85. The lowest BCUT2D eigenvalue weighted by molar-refractivity contribution is 0.160. The number of rotatable bonds is 3. The molecule has 0 saturated carbocycles. The number of benzene rings is 2. The Morgan fingerprint density at radius 3 is 1.86 bits per heavy atom. The number of cyclic esters (lactones) is 1. The molecule has 3 heteroatoms. The van der Waals surface area contributed by atoms with Crippen molar-refractivity contribution in [3.8, 4) is 0 Å². The quantitative estimate of drug-likeness (QED) is 0.844. The Labute approximate surface area is 130 Å². The van der Waals surface area contributed by atoms with Crippen LogP contribution in [0.5, 0.6) is 0 Å². The summed E-state index contributed by atoms with van der Waals surface area (Å²) in [5.41, 5.74) is 3.10. The van der Waals surface area contributed by atoms with Gasteiger partial charge in [0.15, 0.2) is 0 Å². The Morgan fingerprint density at radius 1 is 0.955 bits per heavy atom. The van der Waals surface area contributed by atoms with Crippen LogP contribution in [0.1, 0.15) is 25.0 Å². The van der Waals surface area contributed by atoms with Crippen molar-refractivity contribution in [2.24, 2.45) is 0 Å². The van der Waals surface area contributed by atoms with Crippen LogP contribution in [0.2, 0.25) is 0 Å². The standard InChI is InChI=1S/C19H19NO2/c1-14(2)20-13-17(22-19(20)21)18(15-9-5-3-6-10-15)16-11-7-4-8-12-16/h3-12,14H,13H2,1-2H3. The van der Waals surface area contributed by atoms with E-state index in [2.05, 4.69) is 0 Å². The Morgan fingerprint density at radius 2 is 1.45 bits per heavy atom. The van der Waals surface area contributed by atoms with Gasteiger partial charge in [-0.3, -0.25) is 4.90 Å². The molecule has 22 heavy (non-hydrogen) atoms. The molecule has 1 amide bonds. The lowest BCUT2D eigenvalue weighted by atomic mass is 9.96. The van der Waals surface area contributed by atoms with Crippen LogP contribution in [0.3, 0.4) is 0 Å². The Bertz CT molecular complexity index is 648. The number of carbonyl (C=O) groups excluding carboxylic acids is 1. The third-order valence-electron chi connectivity index (χ3n) is 3.79. The number of hydrogen-bond donors (Lipinski definition) is 0. The molecule has 1 aliphatic heterocycles. The van der Waals surface area contributed by atoms with E-state index in [1.807, 2.05) is 74.5 Å². The van der Waals surface area contributed by atoms with Crippen LogP contribution in [0, 0.1) is 0 Å². The molecule has 0 aromatic heterocycles. The first-order chi connectivity index (χ1) is 10.7. The molecule has 0 aliphatic carbocycles. The molecular weight excluding hydrogens is 274 g/mol. The minimum Gasteiger partial charge on any atom is -0.412 e. The topological polar surface area (TPSA) is 29.5 Å². The fourth-order valence-corrected chi connectivity index (χ4v) is 2.64. The first-order valence-corrected chi connectivity index (χ1v) is 7.49. The summed E-state index contributed by atoms with van der Waals surface area (Å²) in [7, 11) is 0. The van der Waals surface area contributed by atoms with Crippen molar-refractivity contribution in [2.45, 2.75) is 19.9 Å². The molecule has 0 radical (unpaired) electrons. The molecule has 3 nitrogen and oxygen atoms in total. The van der Waals surface area contributed by atoms with Crippen LogP contribution in [0.15, 0.2) is 66.4 Å². The van der Waals surface area contributed by atoms with E-state index in [4.69, 9.17) is 4.74 Å². The molecular formula is C19H19NO2. The van der Waals surface area contributed by atoms with Gasteiger partial charge in [-0.05, 0) is 25.0 Å². The van der Waals surface area contributed by atoms with Crippen molar-refractivity contribution in [1.29, 1.82) is 0 Å². The molecule has 2 aromatic carbocycles. The third kappa shape index (κ3) is 2.75. The Kier molecular flexibility index (Phi) is 3.96. The van der Waals surface area contributed by atoms with Gasteiger partial charge in [-0.25, -0.2) is 4.79 Å². The normalized spacial score (nSPS) is 14.4. The zero-order chi connectivity index (χ0) is 15.5. The molecule has 0 atom stereocenters. The lowest BCUT2D eigenvalue weighted by Gasteiger charge is -2.16. The van der Waals surface area contributed by atoms with E-state index in [9.17, 15) is 4.79 Å². The summed E-state index contributed by atoms with van der Waals surface area (Å²) in [6, 6.07) is 20.2. The van der Waals surface area contributed by atoms with Crippen molar-refractivity contribution < 1.29 is 9.53 Å². The highest BCUT2D eigenvalue weighted by atomic mass is 16.6. The fourth-order valence-electron chi connectivity index (χ4n) is 2.64. The summed E-state index contributed by atoms with van der Waals surface area (Å²) in [6.07, 6.45) is -0.269. The van der Waals surface area contributed by atoms with Crippen LogP contribution < -0.4 is 0 Å². The molecule has 1 fully saturated rings. The van der Waals surface area contributed by atoms with Gasteiger partial charge in [-0.1, -0.05) is 60.7 Å². The number of ether oxygens (including phenoxy) is 1. The molecule has 1 heterocycles. The molecule has 0 unspecified atom stereocenters. The lowest BCUT2D eigenvalue weighted by Crippen LogP contribution is -2.31. The average Bonchev–Trinajstić information content (AvgIpc) is 2.91.